The third kappa shape index (κ3) is 5.02. The zero-order chi connectivity index (χ0) is 22.5. The number of nitrogens with zero attached hydrogens (tertiary/aromatic N) is 2. The summed E-state index contributed by atoms with van der Waals surface area (Å²) in [6, 6.07) is 13.6. The number of hydrogen-bond acceptors (Lipinski definition) is 4. The van der Waals surface area contributed by atoms with Crippen molar-refractivity contribution in [1.82, 2.24) is 10.2 Å². The quantitative estimate of drug-likeness (QED) is 0.515. The Balaban J connectivity index is 1.43. The molecule has 0 atom stereocenters. The highest BCUT2D eigenvalue weighted by Gasteiger charge is 2.30. The van der Waals surface area contributed by atoms with Crippen molar-refractivity contribution in [3.8, 4) is 0 Å². The number of amides is 3. The highest BCUT2D eigenvalue weighted by molar-refractivity contribution is 8.04. The van der Waals surface area contributed by atoms with Crippen LogP contribution >= 0.6 is 11.8 Å². The summed E-state index contributed by atoms with van der Waals surface area (Å²) in [4.78, 5) is 41.8. The largest absolute Gasteiger partial charge is 0.354 e. The zero-order valence-electron chi connectivity index (χ0n) is 17.6. The average molecular weight is 454 g/mol. The van der Waals surface area contributed by atoms with E-state index in [1.165, 1.54) is 28.8 Å². The van der Waals surface area contributed by atoms with Crippen molar-refractivity contribution < 1.29 is 18.8 Å². The Morgan fingerprint density at radius 1 is 1.12 bits per heavy atom. The number of likely N-dealkylation sites (tertiary alicyclic amines) is 1. The first-order valence-electron chi connectivity index (χ1n) is 10.6. The second kappa shape index (κ2) is 9.99. The Labute approximate surface area is 190 Å². The molecule has 2 aliphatic rings. The Morgan fingerprint density at radius 3 is 2.69 bits per heavy atom. The van der Waals surface area contributed by atoms with Crippen molar-refractivity contribution in [2.24, 2.45) is 0 Å². The highest BCUT2D eigenvalue weighted by atomic mass is 32.2. The van der Waals surface area contributed by atoms with E-state index in [0.29, 0.717) is 42.1 Å². The van der Waals surface area contributed by atoms with Gasteiger partial charge in [-0.05, 0) is 37.1 Å². The Hall–Kier alpha value is -3.13. The molecule has 1 saturated heterocycles. The summed E-state index contributed by atoms with van der Waals surface area (Å²) < 4.78 is 14.1. The predicted molar refractivity (Wildman–Crippen MR) is 122 cm³/mol. The van der Waals surface area contributed by atoms with Crippen molar-refractivity contribution in [2.45, 2.75) is 24.2 Å². The Morgan fingerprint density at radius 2 is 1.91 bits per heavy atom. The number of hydrogen-bond donors (Lipinski definition) is 1. The Bertz CT molecular complexity index is 1070. The molecule has 3 amide bonds. The summed E-state index contributed by atoms with van der Waals surface area (Å²) in [5.74, 6) is -0.862. The fourth-order valence-corrected chi connectivity index (χ4v) is 4.84. The van der Waals surface area contributed by atoms with E-state index in [2.05, 4.69) is 5.32 Å². The molecule has 2 heterocycles. The van der Waals surface area contributed by atoms with Gasteiger partial charge in [0.2, 0.25) is 11.8 Å². The maximum atomic E-state index is 14.1. The van der Waals surface area contributed by atoms with Gasteiger partial charge in [0.15, 0.2) is 0 Å². The molecule has 0 saturated carbocycles. The SMILES string of the molecule is O=C(CN1C(=O)C(=Cc2ccccc2F)Sc2ccccc21)NCCCN1CCCC1=O. The maximum absolute atomic E-state index is 14.1. The molecular weight excluding hydrogens is 429 g/mol. The molecule has 0 spiro atoms. The van der Waals surface area contributed by atoms with E-state index in [9.17, 15) is 18.8 Å². The minimum atomic E-state index is -0.409. The van der Waals surface area contributed by atoms with Crippen LogP contribution in [-0.4, -0.2) is 48.8 Å². The molecule has 8 heteroatoms. The lowest BCUT2D eigenvalue weighted by molar-refractivity contribution is -0.127. The number of anilines is 1. The fraction of sp³-hybridized carbons (Fsp3) is 0.292. The summed E-state index contributed by atoms with van der Waals surface area (Å²) in [6.07, 6.45) is 3.68. The third-order valence-corrected chi connectivity index (χ3v) is 6.50. The second-order valence-corrected chi connectivity index (χ2v) is 8.76. The van der Waals surface area contributed by atoms with Crippen LogP contribution in [0.15, 0.2) is 58.3 Å². The van der Waals surface area contributed by atoms with E-state index in [-0.39, 0.29) is 24.3 Å². The topological polar surface area (TPSA) is 69.7 Å². The molecule has 0 radical (unpaired) electrons. The van der Waals surface area contributed by atoms with Gasteiger partial charge in [0.1, 0.15) is 12.4 Å². The monoisotopic (exact) mass is 453 g/mol. The van der Waals surface area contributed by atoms with Crippen LogP contribution < -0.4 is 10.2 Å². The van der Waals surface area contributed by atoms with Gasteiger partial charge >= 0.3 is 0 Å². The van der Waals surface area contributed by atoms with E-state index >= 15 is 0 Å². The van der Waals surface area contributed by atoms with Crippen LogP contribution in [0.4, 0.5) is 10.1 Å². The van der Waals surface area contributed by atoms with E-state index in [0.717, 1.165) is 17.9 Å². The van der Waals surface area contributed by atoms with Gasteiger partial charge in [-0.2, -0.15) is 0 Å². The fourth-order valence-electron chi connectivity index (χ4n) is 3.79. The zero-order valence-corrected chi connectivity index (χ0v) is 18.4. The number of halogens is 1. The van der Waals surface area contributed by atoms with Gasteiger partial charge in [-0.25, -0.2) is 4.39 Å². The van der Waals surface area contributed by atoms with Crippen molar-refractivity contribution >= 4 is 41.2 Å². The molecule has 2 aliphatic heterocycles. The van der Waals surface area contributed by atoms with Crippen LogP contribution in [0.2, 0.25) is 0 Å². The van der Waals surface area contributed by atoms with Crippen LogP contribution in [0.3, 0.4) is 0 Å². The molecular formula is C24H24FN3O3S. The maximum Gasteiger partial charge on any atom is 0.265 e. The summed E-state index contributed by atoms with van der Waals surface area (Å²) in [5.41, 5.74) is 0.981. The number of rotatable bonds is 7. The number of nitrogens with one attached hydrogen (secondary N) is 1. The normalized spacial score (nSPS) is 17.1. The van der Waals surface area contributed by atoms with Gasteiger partial charge in [0.05, 0.1) is 10.6 Å². The molecule has 166 valence electrons. The van der Waals surface area contributed by atoms with Crippen molar-refractivity contribution in [3.05, 3.63) is 64.8 Å². The highest BCUT2D eigenvalue weighted by Crippen LogP contribution is 2.42. The van der Waals surface area contributed by atoms with Crippen LogP contribution in [0.25, 0.3) is 6.08 Å². The third-order valence-electron chi connectivity index (χ3n) is 5.42. The number of fused-ring (bicyclic) bond motifs is 1. The molecule has 0 unspecified atom stereocenters. The number of carbonyl (C=O) groups excluding carboxylic acids is 3. The smallest absolute Gasteiger partial charge is 0.265 e. The van der Waals surface area contributed by atoms with Crippen LogP contribution in [-0.2, 0) is 14.4 Å². The van der Waals surface area contributed by atoms with Gasteiger partial charge in [-0.15, -0.1) is 0 Å². The van der Waals surface area contributed by atoms with Crippen molar-refractivity contribution in [2.75, 3.05) is 31.1 Å². The second-order valence-electron chi connectivity index (χ2n) is 7.68. The Kier molecular flexibility index (Phi) is 6.90. The van der Waals surface area contributed by atoms with E-state index in [1.54, 1.807) is 24.3 Å². The van der Waals surface area contributed by atoms with Gasteiger partial charge in [-0.1, -0.05) is 42.1 Å². The molecule has 2 aromatic carbocycles. The standard InChI is InChI=1S/C24H24FN3O3S/c25-18-8-2-1-7-17(18)15-21-24(31)28(19-9-3-4-10-20(19)32-21)16-22(29)26-12-6-14-27-13-5-11-23(27)30/h1-4,7-10,15H,5-6,11-14,16H2,(H,26,29). The number of thioether (sulfide) groups is 1. The van der Waals surface area contributed by atoms with Gasteiger partial charge in [0, 0.05) is 36.5 Å². The molecule has 0 bridgehead atoms. The molecule has 6 nitrogen and oxygen atoms in total. The van der Waals surface area contributed by atoms with Crippen molar-refractivity contribution in [3.63, 3.8) is 0 Å². The predicted octanol–water partition coefficient (Wildman–Crippen LogP) is 3.43. The summed E-state index contributed by atoms with van der Waals surface area (Å²) in [7, 11) is 0. The van der Waals surface area contributed by atoms with Gasteiger partial charge in [0.25, 0.3) is 5.91 Å². The van der Waals surface area contributed by atoms with E-state index < -0.39 is 5.82 Å². The summed E-state index contributed by atoms with van der Waals surface area (Å²) in [5, 5.41) is 2.84. The van der Waals surface area contributed by atoms with E-state index in [4.69, 9.17) is 0 Å². The lowest BCUT2D eigenvalue weighted by Gasteiger charge is -2.29. The minimum Gasteiger partial charge on any atom is -0.354 e. The van der Waals surface area contributed by atoms with E-state index in [1.807, 2.05) is 23.1 Å². The summed E-state index contributed by atoms with van der Waals surface area (Å²) >= 11 is 1.27. The van der Waals surface area contributed by atoms with Crippen LogP contribution in [0.5, 0.6) is 0 Å². The lowest BCUT2D eigenvalue weighted by atomic mass is 10.2. The molecule has 1 fully saturated rings. The number of benzene rings is 2. The molecule has 32 heavy (non-hydrogen) atoms. The molecule has 4 rings (SSSR count). The molecule has 0 aliphatic carbocycles. The first kappa shape index (κ1) is 22.1. The first-order valence-corrected chi connectivity index (χ1v) is 11.4. The number of para-hydroxylation sites is 1. The van der Waals surface area contributed by atoms with Crippen molar-refractivity contribution in [1.29, 1.82) is 0 Å². The summed E-state index contributed by atoms with van der Waals surface area (Å²) in [6.45, 7) is 1.70. The molecule has 2 aromatic rings. The lowest BCUT2D eigenvalue weighted by Crippen LogP contribution is -2.43. The minimum absolute atomic E-state index is 0.131. The average Bonchev–Trinajstić information content (AvgIpc) is 3.20. The van der Waals surface area contributed by atoms with Crippen LogP contribution in [0.1, 0.15) is 24.8 Å². The molecule has 1 N–H and O–H groups in total. The van der Waals surface area contributed by atoms with Gasteiger partial charge in [-0.3, -0.25) is 19.3 Å². The molecule has 0 aromatic heterocycles. The van der Waals surface area contributed by atoms with Crippen LogP contribution in [0, 0.1) is 5.82 Å². The van der Waals surface area contributed by atoms with Gasteiger partial charge < -0.3 is 10.2 Å². The first-order chi connectivity index (χ1) is 15.5. The number of carbonyl (C=O) groups is 3.